The molecule has 2 N–H and O–H groups in total. The largest absolute Gasteiger partial charge is 0.491 e. The average molecular weight is 551 g/mol. The van der Waals surface area contributed by atoms with E-state index in [1.54, 1.807) is 24.3 Å². The van der Waals surface area contributed by atoms with Gasteiger partial charge >= 0.3 is 0 Å². The number of aryl methyl sites for hydroxylation is 1. The van der Waals surface area contributed by atoms with Crippen LogP contribution in [0.1, 0.15) is 40.1 Å². The van der Waals surface area contributed by atoms with E-state index < -0.39 is 0 Å². The van der Waals surface area contributed by atoms with Gasteiger partial charge in [-0.15, -0.1) is 0 Å². The van der Waals surface area contributed by atoms with Crippen molar-refractivity contribution in [2.24, 2.45) is 0 Å². The molecule has 7 nitrogen and oxygen atoms in total. The van der Waals surface area contributed by atoms with Crippen LogP contribution in [0.15, 0.2) is 66.7 Å². The predicted octanol–water partition coefficient (Wildman–Crippen LogP) is 5.52. The number of ether oxygens (including phenoxy) is 1. The molecule has 198 valence electrons. The lowest BCUT2D eigenvalue weighted by Crippen LogP contribution is -2.49. The Kier molecular flexibility index (Phi) is 8.86. The van der Waals surface area contributed by atoms with Gasteiger partial charge in [0.1, 0.15) is 5.75 Å². The minimum absolute atomic E-state index is 0.0000951. The number of anilines is 2. The standard InChI is InChI=1S/C29H31ClN4O3S/c1-19(2)37-23-7-4-6-22(18-23)27(35)32-29(38)31-25-9-5-8-24(30)26(25)33-14-16-34(17-15-33)28(36)21-12-10-20(3)11-13-21/h4-13,18-19H,14-17H2,1-3H3,(H2,31,32,35,38). The van der Waals surface area contributed by atoms with Gasteiger partial charge in [-0.25, -0.2) is 0 Å². The first-order chi connectivity index (χ1) is 18.2. The predicted molar refractivity (Wildman–Crippen MR) is 157 cm³/mol. The van der Waals surface area contributed by atoms with Crippen molar-refractivity contribution in [1.82, 2.24) is 10.2 Å². The molecule has 0 radical (unpaired) electrons. The van der Waals surface area contributed by atoms with Crippen LogP contribution in [0.25, 0.3) is 0 Å². The van der Waals surface area contributed by atoms with Crippen molar-refractivity contribution in [3.63, 3.8) is 0 Å². The molecule has 0 unspecified atom stereocenters. The van der Waals surface area contributed by atoms with Crippen LogP contribution >= 0.6 is 23.8 Å². The molecule has 0 atom stereocenters. The molecule has 9 heteroatoms. The normalized spacial score (nSPS) is 13.3. The third kappa shape index (κ3) is 6.82. The van der Waals surface area contributed by atoms with Gasteiger partial charge in [0.25, 0.3) is 11.8 Å². The molecule has 0 aromatic heterocycles. The number of nitrogens with zero attached hydrogens (tertiary/aromatic N) is 2. The van der Waals surface area contributed by atoms with Crippen LogP contribution in [-0.4, -0.2) is 54.1 Å². The van der Waals surface area contributed by atoms with E-state index >= 15 is 0 Å². The lowest BCUT2D eigenvalue weighted by Gasteiger charge is -2.37. The fourth-order valence-corrected chi connectivity index (χ4v) is 4.76. The average Bonchev–Trinajstić information content (AvgIpc) is 2.89. The van der Waals surface area contributed by atoms with Gasteiger partial charge in [0.2, 0.25) is 0 Å². The molecule has 4 rings (SSSR count). The maximum absolute atomic E-state index is 12.9. The number of halogens is 1. The zero-order valence-electron chi connectivity index (χ0n) is 21.7. The molecule has 1 fully saturated rings. The molecule has 0 spiro atoms. The number of thiocarbonyl (C=S) groups is 1. The topological polar surface area (TPSA) is 73.9 Å². The number of para-hydroxylation sites is 1. The molecule has 3 aromatic rings. The van der Waals surface area contributed by atoms with E-state index in [0.29, 0.717) is 53.8 Å². The van der Waals surface area contributed by atoms with Crippen LogP contribution < -0.4 is 20.3 Å². The number of hydrogen-bond donors (Lipinski definition) is 2. The maximum atomic E-state index is 12.9. The zero-order chi connectivity index (χ0) is 27.2. The third-order valence-electron chi connectivity index (χ3n) is 6.11. The smallest absolute Gasteiger partial charge is 0.257 e. The molecule has 1 aliphatic rings. The van der Waals surface area contributed by atoms with E-state index in [1.165, 1.54) is 0 Å². The van der Waals surface area contributed by atoms with E-state index in [2.05, 4.69) is 15.5 Å². The lowest BCUT2D eigenvalue weighted by atomic mass is 10.1. The molecule has 1 aliphatic heterocycles. The lowest BCUT2D eigenvalue weighted by molar-refractivity contribution is 0.0746. The van der Waals surface area contributed by atoms with Crippen molar-refractivity contribution < 1.29 is 14.3 Å². The van der Waals surface area contributed by atoms with E-state index in [-0.39, 0.29) is 23.0 Å². The molecular formula is C29H31ClN4O3S. The number of nitrogens with one attached hydrogen (secondary N) is 2. The molecule has 1 heterocycles. The second-order valence-corrected chi connectivity index (χ2v) is 10.2. The van der Waals surface area contributed by atoms with Gasteiger partial charge in [0, 0.05) is 37.3 Å². The number of carbonyl (C=O) groups is 2. The highest BCUT2D eigenvalue weighted by Gasteiger charge is 2.25. The highest BCUT2D eigenvalue weighted by atomic mass is 35.5. The van der Waals surface area contributed by atoms with E-state index in [0.717, 1.165) is 11.3 Å². The van der Waals surface area contributed by atoms with Gasteiger partial charge in [-0.2, -0.15) is 0 Å². The fraction of sp³-hybridized carbons (Fsp3) is 0.276. The van der Waals surface area contributed by atoms with Crippen LogP contribution in [-0.2, 0) is 0 Å². The van der Waals surface area contributed by atoms with Crippen molar-refractivity contribution in [3.05, 3.63) is 88.4 Å². The zero-order valence-corrected chi connectivity index (χ0v) is 23.2. The van der Waals surface area contributed by atoms with Crippen molar-refractivity contribution in [1.29, 1.82) is 0 Å². The number of hydrogen-bond acceptors (Lipinski definition) is 5. The van der Waals surface area contributed by atoms with Crippen molar-refractivity contribution in [3.8, 4) is 5.75 Å². The summed E-state index contributed by atoms with van der Waals surface area (Å²) in [5.41, 5.74) is 3.70. The minimum Gasteiger partial charge on any atom is -0.491 e. The maximum Gasteiger partial charge on any atom is 0.257 e. The molecule has 0 aliphatic carbocycles. The molecule has 0 bridgehead atoms. The Labute approximate surface area is 233 Å². The highest BCUT2D eigenvalue weighted by molar-refractivity contribution is 7.80. The Morgan fingerprint density at radius 1 is 0.947 bits per heavy atom. The van der Waals surface area contributed by atoms with Gasteiger partial charge in [-0.1, -0.05) is 41.4 Å². The van der Waals surface area contributed by atoms with Gasteiger partial charge < -0.3 is 19.9 Å². The molecule has 1 saturated heterocycles. The summed E-state index contributed by atoms with van der Waals surface area (Å²) in [4.78, 5) is 29.7. The second-order valence-electron chi connectivity index (χ2n) is 9.38. The van der Waals surface area contributed by atoms with Crippen LogP contribution in [0.2, 0.25) is 5.02 Å². The van der Waals surface area contributed by atoms with Crippen molar-refractivity contribution in [2.75, 3.05) is 36.4 Å². The Morgan fingerprint density at radius 3 is 2.32 bits per heavy atom. The summed E-state index contributed by atoms with van der Waals surface area (Å²) in [7, 11) is 0. The summed E-state index contributed by atoms with van der Waals surface area (Å²) >= 11 is 12.1. The number of rotatable bonds is 6. The monoisotopic (exact) mass is 550 g/mol. The number of piperazine rings is 1. The molecule has 0 saturated carbocycles. The minimum atomic E-state index is -0.344. The van der Waals surface area contributed by atoms with Crippen LogP contribution in [0.3, 0.4) is 0 Å². The highest BCUT2D eigenvalue weighted by Crippen LogP contribution is 2.34. The van der Waals surface area contributed by atoms with E-state index in [4.69, 9.17) is 28.6 Å². The molecule has 38 heavy (non-hydrogen) atoms. The Morgan fingerprint density at radius 2 is 1.63 bits per heavy atom. The quantitative estimate of drug-likeness (QED) is 0.393. The summed E-state index contributed by atoms with van der Waals surface area (Å²) in [5, 5.41) is 6.56. The van der Waals surface area contributed by atoms with Crippen LogP contribution in [0.4, 0.5) is 11.4 Å². The summed E-state index contributed by atoms with van der Waals surface area (Å²) in [6.45, 7) is 8.20. The first-order valence-electron chi connectivity index (χ1n) is 12.5. The SMILES string of the molecule is Cc1ccc(C(=O)N2CCN(c3c(Cl)cccc3NC(=S)NC(=O)c3cccc(OC(C)C)c3)CC2)cc1. The van der Waals surface area contributed by atoms with Gasteiger partial charge in [-0.05, 0) is 75.5 Å². The van der Waals surface area contributed by atoms with E-state index in [1.807, 2.05) is 68.1 Å². The van der Waals surface area contributed by atoms with Gasteiger partial charge in [0.15, 0.2) is 5.11 Å². The molecule has 3 aromatic carbocycles. The molecular weight excluding hydrogens is 520 g/mol. The Hall–Kier alpha value is -3.62. The van der Waals surface area contributed by atoms with Crippen LogP contribution in [0, 0.1) is 6.92 Å². The molecule has 2 amide bonds. The fourth-order valence-electron chi connectivity index (χ4n) is 4.26. The number of benzene rings is 3. The first-order valence-corrected chi connectivity index (χ1v) is 13.3. The number of amides is 2. The number of carbonyl (C=O) groups excluding carboxylic acids is 2. The summed E-state index contributed by atoms with van der Waals surface area (Å²) in [5.74, 6) is 0.293. The van der Waals surface area contributed by atoms with Crippen LogP contribution in [0.5, 0.6) is 5.75 Å². The third-order valence-corrected chi connectivity index (χ3v) is 6.62. The van der Waals surface area contributed by atoms with Crippen molar-refractivity contribution in [2.45, 2.75) is 26.9 Å². The first kappa shape index (κ1) is 27.4. The summed E-state index contributed by atoms with van der Waals surface area (Å²) in [6.07, 6.45) is -0.0000951. The van der Waals surface area contributed by atoms with Crippen molar-refractivity contribution >= 4 is 52.1 Å². The van der Waals surface area contributed by atoms with Gasteiger partial charge in [0.05, 0.1) is 22.5 Å². The van der Waals surface area contributed by atoms with Gasteiger partial charge in [-0.3, -0.25) is 14.9 Å². The Bertz CT molecular complexity index is 1320. The summed E-state index contributed by atoms with van der Waals surface area (Å²) < 4.78 is 5.68. The Balaban J connectivity index is 1.40. The van der Waals surface area contributed by atoms with E-state index in [9.17, 15) is 9.59 Å². The second kappa shape index (κ2) is 12.3. The summed E-state index contributed by atoms with van der Waals surface area (Å²) in [6, 6.07) is 20.1.